The molecule has 0 radical (unpaired) electrons. The van der Waals surface area contributed by atoms with Crippen molar-refractivity contribution in [2.24, 2.45) is 17.8 Å². The van der Waals surface area contributed by atoms with Crippen LogP contribution in [0.3, 0.4) is 0 Å². The van der Waals surface area contributed by atoms with Crippen LogP contribution in [0.15, 0.2) is 0 Å². The van der Waals surface area contributed by atoms with Crippen molar-refractivity contribution in [2.45, 2.75) is 239 Å². The highest BCUT2D eigenvalue weighted by Gasteiger charge is 2.20. The van der Waals surface area contributed by atoms with Gasteiger partial charge in [0.1, 0.15) is 6.10 Å². The summed E-state index contributed by atoms with van der Waals surface area (Å²) in [6.45, 7) is 10.3. The van der Waals surface area contributed by atoms with E-state index in [1.165, 1.54) is 186 Å². The van der Waals surface area contributed by atoms with Gasteiger partial charge in [-0.25, -0.2) is 4.79 Å². The monoisotopic (exact) mass is 634 g/mol. The molecule has 0 bridgehead atoms. The van der Waals surface area contributed by atoms with Gasteiger partial charge in [-0.05, 0) is 62.7 Å². The number of hydrogen-bond donors (Lipinski definition) is 1. The number of unbranched alkanes of at least 4 members (excludes halogenated alkanes) is 19. The summed E-state index contributed by atoms with van der Waals surface area (Å²) in [6, 6.07) is 0. The molecule has 1 rings (SSSR count). The molecule has 1 amide bonds. The first kappa shape index (κ1) is 42.3. The summed E-state index contributed by atoms with van der Waals surface area (Å²) in [5.41, 5.74) is 0. The third-order valence-electron chi connectivity index (χ3n) is 10.9. The number of hydrogen-bond acceptors (Lipinski definition) is 2. The van der Waals surface area contributed by atoms with Gasteiger partial charge in [0.05, 0.1) is 0 Å². The Morgan fingerprint density at radius 2 is 1.02 bits per heavy atom. The predicted molar refractivity (Wildman–Crippen MR) is 199 cm³/mol. The van der Waals surface area contributed by atoms with E-state index >= 15 is 0 Å². The molecular formula is C42H83NO2. The second-order valence-electron chi connectivity index (χ2n) is 15.4. The SMILES string of the molecule is CCCCCCCCCCCCC(C)CC(CCCCCCCCCCCC)CC(CC)CCCCNC(=O)OC1CCCC1. The molecule has 1 aliphatic rings. The number of alkyl carbamates (subject to hydrolysis) is 1. The lowest BCUT2D eigenvalue weighted by Crippen LogP contribution is -2.28. The lowest BCUT2D eigenvalue weighted by Gasteiger charge is -2.26. The molecule has 1 fully saturated rings. The molecule has 0 aromatic rings. The Morgan fingerprint density at radius 1 is 0.578 bits per heavy atom. The Kier molecular flexibility index (Phi) is 29.9. The summed E-state index contributed by atoms with van der Waals surface area (Å²) in [4.78, 5) is 12.1. The Bertz CT molecular complexity index is 616. The van der Waals surface area contributed by atoms with Crippen LogP contribution in [-0.4, -0.2) is 18.7 Å². The Hall–Kier alpha value is -0.730. The summed E-state index contributed by atoms with van der Waals surface area (Å²) >= 11 is 0. The fraction of sp³-hybridized carbons (Fsp3) is 0.976. The zero-order valence-corrected chi connectivity index (χ0v) is 31.5. The van der Waals surface area contributed by atoms with E-state index in [0.717, 1.165) is 43.6 Å². The Morgan fingerprint density at radius 3 is 1.53 bits per heavy atom. The highest BCUT2D eigenvalue weighted by atomic mass is 16.6. The van der Waals surface area contributed by atoms with Crippen LogP contribution in [0.2, 0.25) is 0 Å². The van der Waals surface area contributed by atoms with Crippen molar-refractivity contribution in [1.82, 2.24) is 5.32 Å². The third kappa shape index (κ3) is 27.0. The Balaban J connectivity index is 2.32. The van der Waals surface area contributed by atoms with E-state index in [1.807, 2.05) is 0 Å². The van der Waals surface area contributed by atoms with Gasteiger partial charge in [-0.2, -0.15) is 0 Å². The van der Waals surface area contributed by atoms with Crippen LogP contribution < -0.4 is 5.32 Å². The highest BCUT2D eigenvalue weighted by molar-refractivity contribution is 5.67. The van der Waals surface area contributed by atoms with Gasteiger partial charge in [0.15, 0.2) is 0 Å². The van der Waals surface area contributed by atoms with Crippen molar-refractivity contribution >= 4 is 6.09 Å². The first-order valence-electron chi connectivity index (χ1n) is 21.0. The maximum absolute atomic E-state index is 12.1. The lowest BCUT2D eigenvalue weighted by atomic mass is 9.80. The van der Waals surface area contributed by atoms with Gasteiger partial charge < -0.3 is 10.1 Å². The molecule has 0 aliphatic heterocycles. The molecule has 0 spiro atoms. The molecule has 3 nitrogen and oxygen atoms in total. The van der Waals surface area contributed by atoms with E-state index in [2.05, 4.69) is 33.0 Å². The van der Waals surface area contributed by atoms with Gasteiger partial charge in [-0.3, -0.25) is 0 Å². The van der Waals surface area contributed by atoms with Crippen LogP contribution in [-0.2, 0) is 4.74 Å². The van der Waals surface area contributed by atoms with Crippen LogP contribution in [0.1, 0.15) is 233 Å². The molecule has 3 heteroatoms. The second-order valence-corrected chi connectivity index (χ2v) is 15.4. The minimum absolute atomic E-state index is 0.162. The first-order chi connectivity index (χ1) is 22.1. The minimum Gasteiger partial charge on any atom is -0.446 e. The van der Waals surface area contributed by atoms with E-state index in [4.69, 9.17) is 4.74 Å². The summed E-state index contributed by atoms with van der Waals surface area (Å²) < 4.78 is 5.56. The van der Waals surface area contributed by atoms with Crippen LogP contribution in [0, 0.1) is 17.8 Å². The smallest absolute Gasteiger partial charge is 0.407 e. The molecule has 3 atom stereocenters. The van der Waals surface area contributed by atoms with Gasteiger partial charge >= 0.3 is 6.09 Å². The maximum Gasteiger partial charge on any atom is 0.407 e. The Labute approximate surface area is 284 Å². The topological polar surface area (TPSA) is 38.3 Å². The lowest BCUT2D eigenvalue weighted by molar-refractivity contribution is 0.101. The van der Waals surface area contributed by atoms with E-state index < -0.39 is 0 Å². The normalized spacial score (nSPS) is 15.7. The average molecular weight is 634 g/mol. The summed E-state index contributed by atoms with van der Waals surface area (Å²) in [5, 5.41) is 3.01. The molecule has 0 heterocycles. The maximum atomic E-state index is 12.1. The van der Waals surface area contributed by atoms with Gasteiger partial charge in [0, 0.05) is 6.54 Å². The van der Waals surface area contributed by atoms with Crippen LogP contribution in [0.25, 0.3) is 0 Å². The van der Waals surface area contributed by atoms with Crippen molar-refractivity contribution in [3.8, 4) is 0 Å². The van der Waals surface area contributed by atoms with Crippen molar-refractivity contribution in [1.29, 1.82) is 0 Å². The molecule has 1 aliphatic carbocycles. The third-order valence-corrected chi connectivity index (χ3v) is 10.9. The van der Waals surface area contributed by atoms with Crippen molar-refractivity contribution in [3.05, 3.63) is 0 Å². The van der Waals surface area contributed by atoms with E-state index in [0.29, 0.717) is 0 Å². The molecule has 0 aromatic heterocycles. The largest absolute Gasteiger partial charge is 0.446 e. The van der Waals surface area contributed by atoms with Crippen molar-refractivity contribution < 1.29 is 9.53 Å². The molecule has 268 valence electrons. The second kappa shape index (κ2) is 31.8. The highest BCUT2D eigenvalue weighted by Crippen LogP contribution is 2.31. The summed E-state index contributed by atoms with van der Waals surface area (Å²) in [7, 11) is 0. The van der Waals surface area contributed by atoms with Crippen molar-refractivity contribution in [3.63, 3.8) is 0 Å². The summed E-state index contributed by atoms with van der Waals surface area (Å²) in [6.07, 6.45) is 43.9. The van der Waals surface area contributed by atoms with Gasteiger partial charge in [-0.1, -0.05) is 188 Å². The number of rotatable bonds is 33. The fourth-order valence-corrected chi connectivity index (χ4v) is 7.83. The standard InChI is InChI=1S/C42H83NO2/c1-5-8-10-12-14-16-18-20-22-24-30-38(4)36-40(32-25-23-21-19-17-15-13-11-9-6-2)37-39(7-3)31-28-29-35-43-42(44)45-41-33-26-27-34-41/h38-41H,5-37H2,1-4H3,(H,43,44). The number of nitrogens with one attached hydrogen (secondary N) is 1. The number of carbonyl (C=O) groups excluding carboxylic acids is 1. The van der Waals surface area contributed by atoms with Gasteiger partial charge in [0.2, 0.25) is 0 Å². The molecule has 3 unspecified atom stereocenters. The zero-order valence-electron chi connectivity index (χ0n) is 31.5. The molecule has 0 aromatic carbocycles. The average Bonchev–Trinajstić information content (AvgIpc) is 3.54. The fourth-order valence-electron chi connectivity index (χ4n) is 7.83. The van der Waals surface area contributed by atoms with E-state index in [9.17, 15) is 4.79 Å². The predicted octanol–water partition coefficient (Wildman–Crippen LogP) is 14.5. The summed E-state index contributed by atoms with van der Waals surface area (Å²) in [5.74, 6) is 2.62. The van der Waals surface area contributed by atoms with Crippen LogP contribution in [0.5, 0.6) is 0 Å². The number of carbonyl (C=O) groups is 1. The molecule has 1 N–H and O–H groups in total. The number of amides is 1. The van der Waals surface area contributed by atoms with Gasteiger partial charge in [0.25, 0.3) is 0 Å². The molecular weight excluding hydrogens is 550 g/mol. The van der Waals surface area contributed by atoms with Crippen LogP contribution >= 0.6 is 0 Å². The quantitative estimate of drug-likeness (QED) is 0.0730. The molecule has 0 saturated heterocycles. The minimum atomic E-state index is -0.193. The van der Waals surface area contributed by atoms with E-state index in [1.54, 1.807) is 0 Å². The number of ether oxygens (including phenoxy) is 1. The molecule has 1 saturated carbocycles. The van der Waals surface area contributed by atoms with E-state index in [-0.39, 0.29) is 12.2 Å². The van der Waals surface area contributed by atoms with Crippen molar-refractivity contribution in [2.75, 3.05) is 6.54 Å². The zero-order chi connectivity index (χ0) is 32.6. The first-order valence-corrected chi connectivity index (χ1v) is 21.0. The molecule has 45 heavy (non-hydrogen) atoms. The van der Waals surface area contributed by atoms with Crippen LogP contribution in [0.4, 0.5) is 4.79 Å². The van der Waals surface area contributed by atoms with Gasteiger partial charge in [-0.15, -0.1) is 0 Å².